The summed E-state index contributed by atoms with van der Waals surface area (Å²) in [6, 6.07) is 16.5. The summed E-state index contributed by atoms with van der Waals surface area (Å²) < 4.78 is 10.5. The van der Waals surface area contributed by atoms with Crippen LogP contribution in [-0.2, 0) is 11.2 Å². The molecule has 4 rings (SSSR count). The van der Waals surface area contributed by atoms with Crippen LogP contribution in [0, 0.1) is 0 Å². The van der Waals surface area contributed by atoms with E-state index < -0.39 is 5.91 Å². The highest BCUT2D eigenvalue weighted by molar-refractivity contribution is 7.10. The van der Waals surface area contributed by atoms with E-state index in [1.807, 2.05) is 41.8 Å². The summed E-state index contributed by atoms with van der Waals surface area (Å²) in [6.07, 6.45) is 2.50. The molecule has 2 aromatic carbocycles. The maximum absolute atomic E-state index is 13.4. The van der Waals surface area contributed by atoms with Crippen molar-refractivity contribution in [2.24, 2.45) is 0 Å². The fourth-order valence-electron chi connectivity index (χ4n) is 3.53. The molecular formula is C24H22N2O4S. The first kappa shape index (κ1) is 20.7. The Bertz CT molecular complexity index is 1140. The highest BCUT2D eigenvalue weighted by Crippen LogP contribution is 2.30. The molecule has 0 fully saturated rings. The first-order valence-electron chi connectivity index (χ1n) is 9.79. The largest absolute Gasteiger partial charge is 0.493 e. The van der Waals surface area contributed by atoms with Crippen molar-refractivity contribution in [2.45, 2.75) is 6.42 Å². The Kier molecular flexibility index (Phi) is 6.04. The van der Waals surface area contributed by atoms with E-state index in [0.717, 1.165) is 22.5 Å². The van der Waals surface area contributed by atoms with Gasteiger partial charge in [0.2, 0.25) is 0 Å². The molecule has 31 heavy (non-hydrogen) atoms. The molecule has 158 valence electrons. The number of fused-ring (bicyclic) bond motifs is 1. The van der Waals surface area contributed by atoms with Gasteiger partial charge in [-0.05, 0) is 53.8 Å². The number of hydrogen-bond donors (Lipinski definition) is 1. The zero-order valence-corrected chi connectivity index (χ0v) is 18.1. The molecule has 3 aromatic rings. The number of rotatable bonds is 6. The Morgan fingerprint density at radius 3 is 2.58 bits per heavy atom. The quantitative estimate of drug-likeness (QED) is 0.593. The third-order valence-electron chi connectivity index (χ3n) is 5.09. The SMILES string of the molecule is COc1ccc(C(=O)N/C(=C/c2cccs2)C(=O)N2CCc3ccccc32)cc1OC. The average molecular weight is 435 g/mol. The normalized spacial score (nSPS) is 13.0. The molecule has 0 bridgehead atoms. The molecule has 0 spiro atoms. The molecule has 6 nitrogen and oxygen atoms in total. The van der Waals surface area contributed by atoms with E-state index in [4.69, 9.17) is 9.47 Å². The minimum absolute atomic E-state index is 0.221. The topological polar surface area (TPSA) is 67.9 Å². The van der Waals surface area contributed by atoms with Gasteiger partial charge in [0.25, 0.3) is 11.8 Å². The summed E-state index contributed by atoms with van der Waals surface area (Å²) in [7, 11) is 3.04. The van der Waals surface area contributed by atoms with Gasteiger partial charge in [0.15, 0.2) is 11.5 Å². The van der Waals surface area contributed by atoms with Crippen LogP contribution in [0.4, 0.5) is 5.69 Å². The van der Waals surface area contributed by atoms with Crippen molar-refractivity contribution < 1.29 is 19.1 Å². The van der Waals surface area contributed by atoms with E-state index in [9.17, 15) is 9.59 Å². The number of nitrogens with zero attached hydrogens (tertiary/aromatic N) is 1. The van der Waals surface area contributed by atoms with Crippen LogP contribution in [0.1, 0.15) is 20.8 Å². The highest BCUT2D eigenvalue weighted by atomic mass is 32.1. The fraction of sp³-hybridized carbons (Fsp3) is 0.167. The minimum Gasteiger partial charge on any atom is -0.493 e. The molecule has 2 amide bonds. The number of carbonyl (C=O) groups excluding carboxylic acids is 2. The summed E-state index contributed by atoms with van der Waals surface area (Å²) >= 11 is 1.50. The third-order valence-corrected chi connectivity index (χ3v) is 5.91. The lowest BCUT2D eigenvalue weighted by Crippen LogP contribution is -2.37. The van der Waals surface area contributed by atoms with Crippen LogP contribution in [-0.4, -0.2) is 32.6 Å². The van der Waals surface area contributed by atoms with Gasteiger partial charge in [0.05, 0.1) is 14.2 Å². The Hall–Kier alpha value is -3.58. The maximum atomic E-state index is 13.4. The second kappa shape index (κ2) is 9.06. The number of thiophene rings is 1. The van der Waals surface area contributed by atoms with Crippen LogP contribution in [0.5, 0.6) is 11.5 Å². The zero-order valence-electron chi connectivity index (χ0n) is 17.3. The first-order valence-corrected chi connectivity index (χ1v) is 10.7. The Labute approximate surface area is 184 Å². The summed E-state index contributed by atoms with van der Waals surface area (Å²) in [5.74, 6) is 0.327. The van der Waals surface area contributed by atoms with E-state index in [-0.39, 0.29) is 11.6 Å². The standard InChI is InChI=1S/C24H22N2O4S/c1-29-21-10-9-17(14-22(21)30-2)23(27)25-19(15-18-7-5-13-31-18)24(28)26-12-11-16-6-3-4-8-20(16)26/h3-10,13-15H,11-12H2,1-2H3,(H,25,27)/b19-15+. The predicted octanol–water partition coefficient (Wildman–Crippen LogP) is 4.13. The lowest BCUT2D eigenvalue weighted by atomic mass is 10.1. The molecule has 0 atom stereocenters. The number of hydrogen-bond acceptors (Lipinski definition) is 5. The average Bonchev–Trinajstić information content (AvgIpc) is 3.47. The minimum atomic E-state index is -0.399. The number of methoxy groups -OCH3 is 2. The van der Waals surface area contributed by atoms with Crippen LogP contribution in [0.25, 0.3) is 6.08 Å². The molecular weight excluding hydrogens is 412 g/mol. The monoisotopic (exact) mass is 434 g/mol. The van der Waals surface area contributed by atoms with E-state index in [2.05, 4.69) is 5.32 Å². The van der Waals surface area contributed by atoms with Crippen LogP contribution in [0.3, 0.4) is 0 Å². The molecule has 2 heterocycles. The smallest absolute Gasteiger partial charge is 0.274 e. The van der Waals surface area contributed by atoms with Crippen molar-refractivity contribution in [1.29, 1.82) is 0 Å². The van der Waals surface area contributed by atoms with Crippen LogP contribution >= 0.6 is 11.3 Å². The third kappa shape index (κ3) is 4.32. The fourth-order valence-corrected chi connectivity index (χ4v) is 4.19. The van der Waals surface area contributed by atoms with Gasteiger partial charge in [-0.15, -0.1) is 11.3 Å². The molecule has 0 saturated carbocycles. The van der Waals surface area contributed by atoms with Gasteiger partial charge in [-0.2, -0.15) is 0 Å². The van der Waals surface area contributed by atoms with E-state index in [1.54, 1.807) is 29.2 Å². The number of ether oxygens (including phenoxy) is 2. The molecule has 1 aliphatic heterocycles. The lowest BCUT2D eigenvalue weighted by Gasteiger charge is -2.20. The van der Waals surface area contributed by atoms with Crippen molar-refractivity contribution in [3.63, 3.8) is 0 Å². The van der Waals surface area contributed by atoms with Crippen molar-refractivity contribution >= 4 is 34.9 Å². The van der Waals surface area contributed by atoms with Gasteiger partial charge in [0.1, 0.15) is 5.70 Å². The van der Waals surface area contributed by atoms with Crippen LogP contribution in [0.15, 0.2) is 65.7 Å². The lowest BCUT2D eigenvalue weighted by molar-refractivity contribution is -0.115. The highest BCUT2D eigenvalue weighted by Gasteiger charge is 2.28. The van der Waals surface area contributed by atoms with Crippen molar-refractivity contribution in [1.82, 2.24) is 5.32 Å². The number of carbonyl (C=O) groups is 2. The molecule has 7 heteroatoms. The van der Waals surface area contributed by atoms with Gasteiger partial charge in [-0.25, -0.2) is 0 Å². The van der Waals surface area contributed by atoms with Crippen molar-refractivity contribution in [2.75, 3.05) is 25.7 Å². The van der Waals surface area contributed by atoms with Gasteiger partial charge in [-0.3, -0.25) is 9.59 Å². The van der Waals surface area contributed by atoms with Crippen molar-refractivity contribution in [3.05, 3.63) is 81.7 Å². The maximum Gasteiger partial charge on any atom is 0.274 e. The van der Waals surface area contributed by atoms with Crippen LogP contribution < -0.4 is 19.7 Å². The summed E-state index contributed by atoms with van der Waals surface area (Å²) in [4.78, 5) is 29.0. The number of nitrogens with one attached hydrogen (secondary N) is 1. The molecule has 1 N–H and O–H groups in total. The summed E-state index contributed by atoms with van der Waals surface area (Å²) in [5, 5.41) is 4.73. The Morgan fingerprint density at radius 1 is 1.03 bits per heavy atom. The number of para-hydroxylation sites is 1. The summed E-state index contributed by atoms with van der Waals surface area (Å²) in [6.45, 7) is 0.576. The van der Waals surface area contributed by atoms with E-state index in [0.29, 0.717) is 23.6 Å². The summed E-state index contributed by atoms with van der Waals surface area (Å²) in [5.41, 5.74) is 2.59. The second-order valence-electron chi connectivity index (χ2n) is 6.93. The number of amides is 2. The van der Waals surface area contributed by atoms with E-state index in [1.165, 1.54) is 25.6 Å². The molecule has 1 aliphatic rings. The first-order chi connectivity index (χ1) is 15.1. The Balaban J connectivity index is 1.64. The van der Waals surface area contributed by atoms with Gasteiger partial charge in [0, 0.05) is 22.7 Å². The molecule has 1 aromatic heterocycles. The van der Waals surface area contributed by atoms with Gasteiger partial charge in [-0.1, -0.05) is 24.3 Å². The van der Waals surface area contributed by atoms with Gasteiger partial charge < -0.3 is 19.7 Å². The Morgan fingerprint density at radius 2 is 1.84 bits per heavy atom. The molecule has 0 radical (unpaired) electrons. The molecule has 0 aliphatic carbocycles. The molecule has 0 unspecified atom stereocenters. The van der Waals surface area contributed by atoms with Gasteiger partial charge >= 0.3 is 0 Å². The number of benzene rings is 2. The molecule has 0 saturated heterocycles. The van der Waals surface area contributed by atoms with Crippen LogP contribution in [0.2, 0.25) is 0 Å². The predicted molar refractivity (Wildman–Crippen MR) is 122 cm³/mol. The zero-order chi connectivity index (χ0) is 21.8. The second-order valence-corrected chi connectivity index (χ2v) is 7.91. The number of anilines is 1. The van der Waals surface area contributed by atoms with E-state index >= 15 is 0 Å². The van der Waals surface area contributed by atoms with Crippen molar-refractivity contribution in [3.8, 4) is 11.5 Å².